The lowest BCUT2D eigenvalue weighted by Gasteiger charge is -2.07. The molecule has 106 valence electrons. The minimum atomic E-state index is -0.0312. The zero-order valence-corrected chi connectivity index (χ0v) is 13.8. The summed E-state index contributed by atoms with van der Waals surface area (Å²) in [5, 5.41) is 9.60. The van der Waals surface area contributed by atoms with Crippen molar-refractivity contribution >= 4 is 39.4 Å². The number of halogens is 1. The lowest BCUT2D eigenvalue weighted by molar-refractivity contribution is -0.113. The molecular weight excluding hydrogens is 338 g/mol. The van der Waals surface area contributed by atoms with E-state index in [2.05, 4.69) is 31.4 Å². The number of aromatic nitrogens is 2. The van der Waals surface area contributed by atoms with Gasteiger partial charge in [0.05, 0.1) is 11.9 Å². The first-order valence-corrected chi connectivity index (χ1v) is 8.09. The van der Waals surface area contributed by atoms with Gasteiger partial charge in [0.15, 0.2) is 0 Å². The van der Waals surface area contributed by atoms with Crippen LogP contribution in [-0.2, 0) is 11.2 Å². The number of hydrogen-bond donors (Lipinski definition) is 2. The molecule has 1 aromatic carbocycles. The van der Waals surface area contributed by atoms with E-state index in [0.717, 1.165) is 26.9 Å². The second-order valence-electron chi connectivity index (χ2n) is 4.37. The van der Waals surface area contributed by atoms with Crippen LogP contribution < -0.4 is 5.32 Å². The summed E-state index contributed by atoms with van der Waals surface area (Å²) in [7, 11) is 0. The van der Waals surface area contributed by atoms with Crippen molar-refractivity contribution in [2.75, 3.05) is 11.1 Å². The molecular formula is C14H16BrN3OS. The van der Waals surface area contributed by atoms with Crippen LogP contribution in [0.2, 0.25) is 0 Å². The number of carbonyl (C=O) groups is 1. The number of nitrogens with zero attached hydrogens (tertiary/aromatic N) is 1. The number of benzene rings is 1. The molecule has 1 aromatic heterocycles. The van der Waals surface area contributed by atoms with Crippen molar-refractivity contribution in [2.45, 2.75) is 25.2 Å². The van der Waals surface area contributed by atoms with Crippen molar-refractivity contribution in [3.8, 4) is 0 Å². The molecule has 4 nitrogen and oxygen atoms in total. The average molecular weight is 354 g/mol. The van der Waals surface area contributed by atoms with E-state index < -0.39 is 0 Å². The smallest absolute Gasteiger partial charge is 0.235 e. The first-order valence-electron chi connectivity index (χ1n) is 6.31. The van der Waals surface area contributed by atoms with E-state index in [1.807, 2.05) is 32.0 Å². The number of aromatic amines is 1. The molecule has 1 amide bonds. The van der Waals surface area contributed by atoms with Gasteiger partial charge in [-0.2, -0.15) is 5.10 Å². The lowest BCUT2D eigenvalue weighted by atomic mass is 10.2. The number of hydrogen-bond acceptors (Lipinski definition) is 3. The summed E-state index contributed by atoms with van der Waals surface area (Å²) in [5.41, 5.74) is 2.18. The van der Waals surface area contributed by atoms with Gasteiger partial charge in [-0.05, 0) is 37.1 Å². The predicted octanol–water partition coefficient (Wildman–Crippen LogP) is 3.77. The van der Waals surface area contributed by atoms with Gasteiger partial charge in [0, 0.05) is 14.9 Å². The summed E-state index contributed by atoms with van der Waals surface area (Å²) in [6.45, 7) is 4.07. The van der Waals surface area contributed by atoms with Crippen LogP contribution in [0.15, 0.2) is 33.8 Å². The quantitative estimate of drug-likeness (QED) is 0.804. The van der Waals surface area contributed by atoms with Crippen LogP contribution in [0.25, 0.3) is 0 Å². The summed E-state index contributed by atoms with van der Waals surface area (Å²) < 4.78 is 1.05. The first-order chi connectivity index (χ1) is 9.60. The fourth-order valence-electron chi connectivity index (χ4n) is 1.78. The number of amides is 1. The van der Waals surface area contributed by atoms with Crippen LogP contribution in [0.3, 0.4) is 0 Å². The highest BCUT2D eigenvalue weighted by atomic mass is 79.9. The van der Waals surface area contributed by atoms with E-state index in [0.29, 0.717) is 11.6 Å². The minimum absolute atomic E-state index is 0.0312. The largest absolute Gasteiger partial charge is 0.310 e. The minimum Gasteiger partial charge on any atom is -0.310 e. The van der Waals surface area contributed by atoms with Crippen molar-refractivity contribution in [3.63, 3.8) is 0 Å². The summed E-state index contributed by atoms with van der Waals surface area (Å²) >= 11 is 4.96. The molecule has 0 unspecified atom stereocenters. The molecule has 0 atom stereocenters. The number of aryl methyl sites for hydroxylation is 2. The molecule has 2 rings (SSSR count). The van der Waals surface area contributed by atoms with E-state index in [-0.39, 0.29) is 5.91 Å². The zero-order chi connectivity index (χ0) is 14.5. The molecule has 1 heterocycles. The molecule has 0 saturated heterocycles. The van der Waals surface area contributed by atoms with Gasteiger partial charge in [0.2, 0.25) is 5.91 Å². The van der Waals surface area contributed by atoms with Gasteiger partial charge in [-0.1, -0.05) is 22.9 Å². The van der Waals surface area contributed by atoms with E-state index in [1.54, 1.807) is 6.20 Å². The predicted molar refractivity (Wildman–Crippen MR) is 86.2 cm³/mol. The van der Waals surface area contributed by atoms with E-state index in [9.17, 15) is 4.79 Å². The van der Waals surface area contributed by atoms with Crippen molar-refractivity contribution < 1.29 is 4.79 Å². The number of H-pyrrole nitrogens is 1. The second kappa shape index (κ2) is 6.95. The third kappa shape index (κ3) is 3.86. The van der Waals surface area contributed by atoms with Gasteiger partial charge in [-0.15, -0.1) is 11.8 Å². The van der Waals surface area contributed by atoms with Crippen LogP contribution in [0, 0.1) is 6.92 Å². The molecule has 0 fully saturated rings. The van der Waals surface area contributed by atoms with Crippen LogP contribution >= 0.6 is 27.7 Å². The Bertz CT molecular complexity index is 612. The number of nitrogens with one attached hydrogen (secondary N) is 2. The molecule has 0 spiro atoms. The Morgan fingerprint density at radius 2 is 2.30 bits per heavy atom. The second-order valence-corrected chi connectivity index (χ2v) is 6.30. The summed E-state index contributed by atoms with van der Waals surface area (Å²) in [6, 6.07) is 6.05. The topological polar surface area (TPSA) is 57.8 Å². The lowest BCUT2D eigenvalue weighted by Crippen LogP contribution is -2.15. The summed E-state index contributed by atoms with van der Waals surface area (Å²) in [6.07, 6.45) is 2.58. The van der Waals surface area contributed by atoms with E-state index in [4.69, 9.17) is 0 Å². The van der Waals surface area contributed by atoms with Crippen molar-refractivity contribution in [3.05, 3.63) is 40.0 Å². The Hall–Kier alpha value is -1.27. The fourth-order valence-corrected chi connectivity index (χ4v) is 3.07. The maximum Gasteiger partial charge on any atom is 0.235 e. The maximum atomic E-state index is 11.9. The van der Waals surface area contributed by atoms with Crippen LogP contribution in [0.4, 0.5) is 5.82 Å². The van der Waals surface area contributed by atoms with Gasteiger partial charge >= 0.3 is 0 Å². The normalized spacial score (nSPS) is 10.6. The monoisotopic (exact) mass is 353 g/mol. The van der Waals surface area contributed by atoms with Gasteiger partial charge in [0.1, 0.15) is 5.82 Å². The Labute approximate surface area is 130 Å². The fraction of sp³-hybridized carbons (Fsp3) is 0.286. The van der Waals surface area contributed by atoms with Gasteiger partial charge < -0.3 is 5.32 Å². The average Bonchev–Trinajstić information content (AvgIpc) is 2.85. The van der Waals surface area contributed by atoms with Crippen LogP contribution in [-0.4, -0.2) is 21.9 Å². The summed E-state index contributed by atoms with van der Waals surface area (Å²) in [5.74, 6) is 1.05. The molecule has 0 aliphatic heterocycles. The maximum absolute atomic E-state index is 11.9. The van der Waals surface area contributed by atoms with E-state index in [1.165, 1.54) is 11.8 Å². The SMILES string of the molecule is CCc1cn[nH]c1NC(=O)CSc1ccc(Br)cc1C. The van der Waals surface area contributed by atoms with Crippen molar-refractivity contribution in [2.24, 2.45) is 0 Å². The number of rotatable bonds is 5. The number of thioether (sulfide) groups is 1. The van der Waals surface area contributed by atoms with Gasteiger partial charge in [0.25, 0.3) is 0 Å². The molecule has 0 aliphatic carbocycles. The Kier molecular flexibility index (Phi) is 5.25. The van der Waals surface area contributed by atoms with Crippen molar-refractivity contribution in [1.29, 1.82) is 0 Å². The zero-order valence-electron chi connectivity index (χ0n) is 11.4. The van der Waals surface area contributed by atoms with Gasteiger partial charge in [-0.25, -0.2) is 0 Å². The molecule has 0 aliphatic rings. The Morgan fingerprint density at radius 3 is 3.00 bits per heavy atom. The van der Waals surface area contributed by atoms with E-state index >= 15 is 0 Å². The molecule has 0 bridgehead atoms. The molecule has 6 heteroatoms. The van der Waals surface area contributed by atoms with Gasteiger partial charge in [-0.3, -0.25) is 9.89 Å². The third-order valence-electron chi connectivity index (χ3n) is 2.86. The highest BCUT2D eigenvalue weighted by Gasteiger charge is 2.09. The van der Waals surface area contributed by atoms with Crippen molar-refractivity contribution in [1.82, 2.24) is 10.2 Å². The highest BCUT2D eigenvalue weighted by molar-refractivity contribution is 9.10. The Balaban J connectivity index is 1.92. The first kappa shape index (κ1) is 15.1. The Morgan fingerprint density at radius 1 is 1.50 bits per heavy atom. The molecule has 0 radical (unpaired) electrons. The highest BCUT2D eigenvalue weighted by Crippen LogP contribution is 2.25. The standard InChI is InChI=1S/C14H16BrN3OS/c1-3-10-7-16-18-14(10)17-13(19)8-20-12-5-4-11(15)6-9(12)2/h4-7H,3,8H2,1-2H3,(H2,16,17,18,19). The van der Waals surface area contributed by atoms with Crippen LogP contribution in [0.1, 0.15) is 18.1 Å². The number of anilines is 1. The molecule has 20 heavy (non-hydrogen) atoms. The number of carbonyl (C=O) groups excluding carboxylic acids is 1. The molecule has 0 saturated carbocycles. The molecule has 2 aromatic rings. The molecule has 2 N–H and O–H groups in total. The third-order valence-corrected chi connectivity index (χ3v) is 4.53. The van der Waals surface area contributed by atoms with Crippen LogP contribution in [0.5, 0.6) is 0 Å². The summed E-state index contributed by atoms with van der Waals surface area (Å²) in [4.78, 5) is 13.1.